The van der Waals surface area contributed by atoms with Gasteiger partial charge in [0.25, 0.3) is 0 Å². The number of aliphatic hydroxyl groups is 2. The molecule has 1 aliphatic rings. The highest BCUT2D eigenvalue weighted by atomic mass is 79.9. The molecule has 0 radical (unpaired) electrons. The lowest BCUT2D eigenvalue weighted by Gasteiger charge is -2.20. The molecule has 2 aromatic rings. The van der Waals surface area contributed by atoms with Crippen molar-refractivity contribution in [2.45, 2.75) is 25.5 Å². The molecule has 108 valence electrons. The zero-order valence-electron chi connectivity index (χ0n) is 10.8. The number of fused-ring (bicyclic) bond motifs is 3. The first kappa shape index (κ1) is 14.4. The summed E-state index contributed by atoms with van der Waals surface area (Å²) in [6.45, 7) is 0.198. The molecule has 1 aromatic carbocycles. The molecule has 6 heteroatoms. The second-order valence-corrected chi connectivity index (χ2v) is 6.53. The topological polar surface area (TPSA) is 82.3 Å². The summed E-state index contributed by atoms with van der Waals surface area (Å²) in [6, 6.07) is 1.68. The number of nitrogens with two attached hydrogens (primary N) is 1. The fourth-order valence-corrected chi connectivity index (χ4v) is 3.78. The lowest BCUT2D eigenvalue weighted by Crippen LogP contribution is -2.16. The Bertz CT molecular complexity index is 669. The average molecular weight is 360 g/mol. The first-order valence-electron chi connectivity index (χ1n) is 6.58. The van der Waals surface area contributed by atoms with E-state index in [1.807, 2.05) is 0 Å². The molecule has 0 saturated carbocycles. The Morgan fingerprint density at radius 1 is 1.55 bits per heavy atom. The number of halogens is 2. The average Bonchev–Trinajstić information content (AvgIpc) is 2.80. The minimum atomic E-state index is -1.07. The lowest BCUT2D eigenvalue weighted by atomic mass is 9.87. The number of benzene rings is 1. The number of rotatable bonds is 2. The van der Waals surface area contributed by atoms with Crippen molar-refractivity contribution in [3.63, 3.8) is 0 Å². The largest absolute Gasteiger partial charge is 0.396 e. The molecule has 0 spiro atoms. The molecule has 0 aliphatic heterocycles. The first-order chi connectivity index (χ1) is 9.52. The van der Waals surface area contributed by atoms with Gasteiger partial charge in [-0.3, -0.25) is 0 Å². The van der Waals surface area contributed by atoms with Crippen LogP contribution in [0.5, 0.6) is 0 Å². The number of H-pyrrole nitrogens is 1. The molecule has 4 nitrogen and oxygen atoms in total. The van der Waals surface area contributed by atoms with Gasteiger partial charge >= 0.3 is 0 Å². The molecule has 2 unspecified atom stereocenters. The van der Waals surface area contributed by atoms with Gasteiger partial charge in [-0.15, -0.1) is 0 Å². The summed E-state index contributed by atoms with van der Waals surface area (Å²) in [4.78, 5) is 3.36. The molecule has 0 fully saturated rings. The van der Waals surface area contributed by atoms with E-state index < -0.39 is 6.23 Å². The van der Waals surface area contributed by atoms with Gasteiger partial charge < -0.3 is 20.9 Å². The van der Waals surface area contributed by atoms with Crippen molar-refractivity contribution in [3.8, 4) is 0 Å². The maximum atomic E-state index is 9.74. The molecule has 3 rings (SSSR count). The van der Waals surface area contributed by atoms with Crippen molar-refractivity contribution < 1.29 is 10.2 Å². The second kappa shape index (κ2) is 5.31. The SMILES string of the molecule is NC(O)c1cc(Cl)c(Br)c2c3c([nH]c12)CC(CO)CC3. The van der Waals surface area contributed by atoms with Crippen LogP contribution in [-0.2, 0) is 12.8 Å². The maximum Gasteiger partial charge on any atom is 0.130 e. The van der Waals surface area contributed by atoms with Crippen molar-refractivity contribution in [2.24, 2.45) is 11.7 Å². The number of aromatic nitrogens is 1. The van der Waals surface area contributed by atoms with Crippen LogP contribution in [0, 0.1) is 5.92 Å². The minimum Gasteiger partial charge on any atom is -0.396 e. The maximum absolute atomic E-state index is 9.74. The van der Waals surface area contributed by atoms with Crippen molar-refractivity contribution in [1.82, 2.24) is 4.98 Å². The molecular formula is C14H16BrClN2O2. The second-order valence-electron chi connectivity index (χ2n) is 5.33. The fraction of sp³-hybridized carbons (Fsp3) is 0.429. The number of aliphatic hydroxyl groups excluding tert-OH is 2. The van der Waals surface area contributed by atoms with Crippen LogP contribution < -0.4 is 5.73 Å². The molecule has 1 aliphatic carbocycles. The summed E-state index contributed by atoms with van der Waals surface area (Å²) >= 11 is 9.76. The van der Waals surface area contributed by atoms with E-state index in [9.17, 15) is 10.2 Å². The normalized spacial score (nSPS) is 20.1. The molecule has 5 N–H and O–H groups in total. The van der Waals surface area contributed by atoms with E-state index in [1.165, 1.54) is 5.56 Å². The Labute approximate surface area is 130 Å². The Balaban J connectivity index is 2.27. The van der Waals surface area contributed by atoms with E-state index >= 15 is 0 Å². The zero-order valence-corrected chi connectivity index (χ0v) is 13.1. The predicted octanol–water partition coefficient (Wildman–Crippen LogP) is 2.63. The number of nitrogens with one attached hydrogen (secondary N) is 1. The van der Waals surface area contributed by atoms with E-state index in [0.29, 0.717) is 10.6 Å². The molecule has 0 saturated heterocycles. The van der Waals surface area contributed by atoms with E-state index in [4.69, 9.17) is 17.3 Å². The van der Waals surface area contributed by atoms with Crippen LogP contribution in [0.2, 0.25) is 5.02 Å². The van der Waals surface area contributed by atoms with Crippen molar-refractivity contribution in [3.05, 3.63) is 32.4 Å². The van der Waals surface area contributed by atoms with Gasteiger partial charge in [0.15, 0.2) is 0 Å². The third-order valence-electron chi connectivity index (χ3n) is 4.06. The van der Waals surface area contributed by atoms with Gasteiger partial charge in [-0.25, -0.2) is 0 Å². The van der Waals surface area contributed by atoms with Gasteiger partial charge in [0.2, 0.25) is 0 Å². The van der Waals surface area contributed by atoms with Gasteiger partial charge in [-0.2, -0.15) is 0 Å². The van der Waals surface area contributed by atoms with E-state index in [1.54, 1.807) is 6.07 Å². The van der Waals surface area contributed by atoms with Crippen LogP contribution in [-0.4, -0.2) is 21.8 Å². The van der Waals surface area contributed by atoms with Crippen molar-refractivity contribution >= 4 is 38.4 Å². The molecule has 0 amide bonds. The highest BCUT2D eigenvalue weighted by Gasteiger charge is 2.25. The summed E-state index contributed by atoms with van der Waals surface area (Å²) in [6.07, 6.45) is 1.58. The number of hydrogen-bond acceptors (Lipinski definition) is 3. The molecule has 0 bridgehead atoms. The Morgan fingerprint density at radius 2 is 2.30 bits per heavy atom. The molecule has 1 heterocycles. The van der Waals surface area contributed by atoms with Crippen LogP contribution in [0.3, 0.4) is 0 Å². The number of aryl methyl sites for hydroxylation is 1. The monoisotopic (exact) mass is 358 g/mol. The Morgan fingerprint density at radius 3 is 2.95 bits per heavy atom. The van der Waals surface area contributed by atoms with Crippen LogP contribution in [0.15, 0.2) is 10.5 Å². The van der Waals surface area contributed by atoms with Crippen LogP contribution in [0.4, 0.5) is 0 Å². The van der Waals surface area contributed by atoms with Gasteiger partial charge in [0.05, 0.1) is 10.5 Å². The standard InChI is InChI=1S/C14H16BrClN2O2/c15-12-9(16)4-8(14(17)20)13-11(12)7-2-1-6(5-19)3-10(7)18-13/h4,6,14,18-20H,1-3,5,17H2. The third-order valence-corrected chi connectivity index (χ3v) is 5.41. The van der Waals surface area contributed by atoms with Gasteiger partial charge in [0.1, 0.15) is 6.23 Å². The van der Waals surface area contributed by atoms with Crippen LogP contribution in [0.25, 0.3) is 10.9 Å². The minimum absolute atomic E-state index is 0.198. The number of aromatic amines is 1. The van der Waals surface area contributed by atoms with Crippen LogP contribution in [0.1, 0.15) is 29.5 Å². The van der Waals surface area contributed by atoms with E-state index in [0.717, 1.165) is 40.3 Å². The van der Waals surface area contributed by atoms with Gasteiger partial charge in [-0.1, -0.05) is 11.6 Å². The molecular weight excluding hydrogens is 344 g/mol. The lowest BCUT2D eigenvalue weighted by molar-refractivity contribution is 0.187. The van der Waals surface area contributed by atoms with Crippen molar-refractivity contribution in [1.29, 1.82) is 0 Å². The Kier molecular flexibility index (Phi) is 3.81. The quantitative estimate of drug-likeness (QED) is 0.622. The van der Waals surface area contributed by atoms with Gasteiger partial charge in [-0.05, 0) is 52.7 Å². The number of hydrogen-bond donors (Lipinski definition) is 4. The summed E-state index contributed by atoms with van der Waals surface area (Å²) in [5, 5.41) is 20.6. The highest BCUT2D eigenvalue weighted by molar-refractivity contribution is 9.10. The summed E-state index contributed by atoms with van der Waals surface area (Å²) in [5.74, 6) is 0.288. The van der Waals surface area contributed by atoms with Gasteiger partial charge in [0, 0.05) is 27.7 Å². The first-order valence-corrected chi connectivity index (χ1v) is 7.75. The Hall–Kier alpha value is -0.590. The zero-order chi connectivity index (χ0) is 14.4. The van der Waals surface area contributed by atoms with E-state index in [-0.39, 0.29) is 12.5 Å². The molecule has 2 atom stereocenters. The third kappa shape index (κ3) is 2.18. The molecule has 20 heavy (non-hydrogen) atoms. The summed E-state index contributed by atoms with van der Waals surface area (Å²) in [5.41, 5.74) is 9.38. The fourth-order valence-electron chi connectivity index (χ4n) is 3.02. The van der Waals surface area contributed by atoms with Crippen molar-refractivity contribution in [2.75, 3.05) is 6.61 Å². The summed E-state index contributed by atoms with van der Waals surface area (Å²) in [7, 11) is 0. The highest BCUT2D eigenvalue weighted by Crippen LogP contribution is 2.41. The van der Waals surface area contributed by atoms with E-state index in [2.05, 4.69) is 20.9 Å². The van der Waals surface area contributed by atoms with Crippen LogP contribution >= 0.6 is 27.5 Å². The molecule has 1 aromatic heterocycles. The summed E-state index contributed by atoms with van der Waals surface area (Å²) < 4.78 is 0.832. The smallest absolute Gasteiger partial charge is 0.130 e. The predicted molar refractivity (Wildman–Crippen MR) is 82.8 cm³/mol.